The van der Waals surface area contributed by atoms with Gasteiger partial charge in [-0.15, -0.1) is 0 Å². The zero-order chi connectivity index (χ0) is 32.8. The van der Waals surface area contributed by atoms with Crippen molar-refractivity contribution in [1.82, 2.24) is 9.97 Å². The quantitative estimate of drug-likeness (QED) is 0.192. The zero-order valence-electron chi connectivity index (χ0n) is 26.6. The van der Waals surface area contributed by atoms with Gasteiger partial charge in [0.05, 0.1) is 22.4 Å². The van der Waals surface area contributed by atoms with Crippen LogP contribution in [0.15, 0.2) is 176 Å². The predicted octanol–water partition coefficient (Wildman–Crippen LogP) is 10.9. The Hall–Kier alpha value is -6.63. The van der Waals surface area contributed by atoms with Crippen molar-refractivity contribution in [2.75, 3.05) is 0 Å². The third-order valence-electron chi connectivity index (χ3n) is 9.85. The summed E-state index contributed by atoms with van der Waals surface area (Å²) in [5, 5.41) is 11.9. The highest BCUT2D eigenvalue weighted by molar-refractivity contribution is 6.10. The molecule has 49 heavy (non-hydrogen) atoms. The molecule has 0 N–H and O–H groups in total. The lowest BCUT2D eigenvalue weighted by Gasteiger charge is -2.34. The molecule has 3 nitrogen and oxygen atoms in total. The Morgan fingerprint density at radius 3 is 1.84 bits per heavy atom. The van der Waals surface area contributed by atoms with Gasteiger partial charge in [0.2, 0.25) is 0 Å². The fourth-order valence-electron chi connectivity index (χ4n) is 7.75. The van der Waals surface area contributed by atoms with E-state index in [1.807, 2.05) is 18.2 Å². The molecule has 0 fully saturated rings. The monoisotopic (exact) mass is 623 g/mol. The average Bonchev–Trinajstić information content (AvgIpc) is 3.49. The Morgan fingerprint density at radius 1 is 0.469 bits per heavy atom. The number of aromatic nitrogens is 2. The number of nitriles is 1. The maximum absolute atomic E-state index is 9.53. The molecular weight excluding hydrogens is 595 g/mol. The smallest absolute Gasteiger partial charge is 0.101 e. The number of pyridine rings is 2. The maximum atomic E-state index is 9.53. The lowest BCUT2D eigenvalue weighted by Crippen LogP contribution is -2.28. The normalized spacial score (nSPS) is 12.6. The van der Waals surface area contributed by atoms with Crippen molar-refractivity contribution in [3.05, 3.63) is 204 Å². The third-order valence-corrected chi connectivity index (χ3v) is 9.85. The number of benzene rings is 6. The molecule has 0 radical (unpaired) electrons. The second-order valence-corrected chi connectivity index (χ2v) is 12.5. The first kappa shape index (κ1) is 28.6. The van der Waals surface area contributed by atoms with Crippen molar-refractivity contribution in [3.63, 3.8) is 0 Å². The van der Waals surface area contributed by atoms with Gasteiger partial charge >= 0.3 is 0 Å². The summed E-state index contributed by atoms with van der Waals surface area (Å²) in [7, 11) is 0. The number of nitrogens with zero attached hydrogens (tertiary/aromatic N) is 3. The van der Waals surface area contributed by atoms with Crippen LogP contribution in [0, 0.1) is 11.3 Å². The van der Waals surface area contributed by atoms with Crippen molar-refractivity contribution >= 4 is 10.8 Å². The molecule has 0 amide bonds. The van der Waals surface area contributed by atoms with Gasteiger partial charge in [0, 0.05) is 23.5 Å². The van der Waals surface area contributed by atoms with Gasteiger partial charge in [-0.2, -0.15) is 5.26 Å². The molecule has 1 aliphatic rings. The fraction of sp³-hybridized carbons (Fsp3) is 0.0217. The Kier molecular flexibility index (Phi) is 6.74. The molecular formula is C46H29N3. The lowest BCUT2D eigenvalue weighted by molar-refractivity contribution is 0.769. The van der Waals surface area contributed by atoms with Crippen LogP contribution in [-0.2, 0) is 5.41 Å². The van der Waals surface area contributed by atoms with Crippen LogP contribution >= 0.6 is 0 Å². The molecule has 0 aliphatic heterocycles. The van der Waals surface area contributed by atoms with Crippen molar-refractivity contribution < 1.29 is 0 Å². The molecule has 1 aliphatic carbocycles. The van der Waals surface area contributed by atoms with Gasteiger partial charge in [0.25, 0.3) is 0 Å². The van der Waals surface area contributed by atoms with Gasteiger partial charge in [-0.1, -0.05) is 133 Å². The van der Waals surface area contributed by atoms with E-state index < -0.39 is 5.41 Å². The van der Waals surface area contributed by atoms with Gasteiger partial charge in [-0.25, -0.2) is 4.98 Å². The standard InChI is InChI=1S/C46H29N3/c47-28-31-25-34(30-48-29-31)43-21-12-22-44(49-43)40-27-42-45(38-20-11-10-19-37(38)40)39-24-23-33(32-13-4-1-5-14-32)26-41(39)46(42,35-15-6-2-7-16-35)36-17-8-3-9-18-36/h1-27,29-30H. The number of hydrogen-bond donors (Lipinski definition) is 0. The fourth-order valence-corrected chi connectivity index (χ4v) is 7.75. The Balaban J connectivity index is 1.39. The Morgan fingerprint density at radius 2 is 1.12 bits per heavy atom. The van der Waals surface area contributed by atoms with Crippen LogP contribution in [0.1, 0.15) is 27.8 Å². The first-order chi connectivity index (χ1) is 24.3. The van der Waals surface area contributed by atoms with E-state index in [0.717, 1.165) is 27.9 Å². The Bertz CT molecular complexity index is 2510. The van der Waals surface area contributed by atoms with Crippen LogP contribution in [-0.4, -0.2) is 9.97 Å². The molecule has 0 saturated heterocycles. The van der Waals surface area contributed by atoms with E-state index in [1.165, 1.54) is 49.9 Å². The molecule has 0 saturated carbocycles. The summed E-state index contributed by atoms with van der Waals surface area (Å²) in [6, 6.07) is 60.8. The molecule has 0 unspecified atom stereocenters. The minimum absolute atomic E-state index is 0.510. The molecule has 0 atom stereocenters. The van der Waals surface area contributed by atoms with E-state index >= 15 is 0 Å². The molecule has 3 heteroatoms. The van der Waals surface area contributed by atoms with E-state index in [1.54, 1.807) is 12.4 Å². The zero-order valence-corrected chi connectivity index (χ0v) is 26.6. The molecule has 2 aromatic heterocycles. The van der Waals surface area contributed by atoms with Crippen LogP contribution in [0.25, 0.3) is 55.5 Å². The topological polar surface area (TPSA) is 49.6 Å². The lowest BCUT2D eigenvalue weighted by atomic mass is 9.67. The van der Waals surface area contributed by atoms with Gasteiger partial charge < -0.3 is 0 Å². The highest BCUT2D eigenvalue weighted by Gasteiger charge is 2.47. The van der Waals surface area contributed by atoms with Crippen molar-refractivity contribution in [2.45, 2.75) is 5.41 Å². The minimum Gasteiger partial charge on any atom is -0.263 e. The summed E-state index contributed by atoms with van der Waals surface area (Å²) in [5.74, 6) is 0. The van der Waals surface area contributed by atoms with E-state index in [2.05, 4.69) is 157 Å². The van der Waals surface area contributed by atoms with E-state index in [-0.39, 0.29) is 0 Å². The summed E-state index contributed by atoms with van der Waals surface area (Å²) in [6.45, 7) is 0. The Labute approximate surface area is 285 Å². The molecule has 228 valence electrons. The highest BCUT2D eigenvalue weighted by Crippen LogP contribution is 2.59. The summed E-state index contributed by atoms with van der Waals surface area (Å²) >= 11 is 0. The van der Waals surface area contributed by atoms with Gasteiger partial charge in [-0.3, -0.25) is 4.98 Å². The molecule has 0 bridgehead atoms. The number of fused-ring (bicyclic) bond motifs is 5. The molecule has 2 heterocycles. The van der Waals surface area contributed by atoms with Crippen molar-refractivity contribution in [1.29, 1.82) is 5.26 Å². The summed E-state index contributed by atoms with van der Waals surface area (Å²) in [5.41, 5.74) is 13.3. The van der Waals surface area contributed by atoms with E-state index in [0.29, 0.717) is 5.56 Å². The molecule has 8 aromatic rings. The van der Waals surface area contributed by atoms with Gasteiger partial charge in [0.15, 0.2) is 0 Å². The van der Waals surface area contributed by atoms with Crippen LogP contribution in [0.2, 0.25) is 0 Å². The van der Waals surface area contributed by atoms with Gasteiger partial charge in [0.1, 0.15) is 6.07 Å². The third kappa shape index (κ3) is 4.50. The first-order valence-corrected chi connectivity index (χ1v) is 16.5. The molecule has 6 aromatic carbocycles. The second-order valence-electron chi connectivity index (χ2n) is 12.5. The van der Waals surface area contributed by atoms with Crippen LogP contribution < -0.4 is 0 Å². The SMILES string of the molecule is N#Cc1cncc(-c2cccc(-c3cc4c(c5ccccc35)-c3ccc(-c5ccccc5)cc3C4(c3ccccc3)c3ccccc3)n2)c1. The summed E-state index contributed by atoms with van der Waals surface area (Å²) in [6.07, 6.45) is 3.35. The average molecular weight is 624 g/mol. The van der Waals surface area contributed by atoms with Crippen LogP contribution in [0.3, 0.4) is 0 Å². The van der Waals surface area contributed by atoms with E-state index in [9.17, 15) is 5.26 Å². The summed E-state index contributed by atoms with van der Waals surface area (Å²) in [4.78, 5) is 9.52. The van der Waals surface area contributed by atoms with E-state index in [4.69, 9.17) is 4.98 Å². The largest absolute Gasteiger partial charge is 0.263 e. The summed E-state index contributed by atoms with van der Waals surface area (Å²) < 4.78 is 0. The van der Waals surface area contributed by atoms with Gasteiger partial charge in [-0.05, 0) is 85.6 Å². The predicted molar refractivity (Wildman–Crippen MR) is 198 cm³/mol. The van der Waals surface area contributed by atoms with Crippen LogP contribution in [0.5, 0.6) is 0 Å². The van der Waals surface area contributed by atoms with Crippen molar-refractivity contribution in [2.24, 2.45) is 0 Å². The highest BCUT2D eigenvalue weighted by atomic mass is 14.7. The minimum atomic E-state index is -0.584. The van der Waals surface area contributed by atoms with Crippen molar-refractivity contribution in [3.8, 4) is 50.8 Å². The number of hydrogen-bond acceptors (Lipinski definition) is 3. The van der Waals surface area contributed by atoms with Crippen LogP contribution in [0.4, 0.5) is 0 Å². The molecule has 9 rings (SSSR count). The second kappa shape index (κ2) is 11.6. The molecule has 0 spiro atoms. The number of rotatable bonds is 5. The first-order valence-electron chi connectivity index (χ1n) is 16.5. The maximum Gasteiger partial charge on any atom is 0.101 e.